The third kappa shape index (κ3) is 7.35. The van der Waals surface area contributed by atoms with Gasteiger partial charge in [-0.25, -0.2) is 9.59 Å². The number of alkyl halides is 6. The lowest BCUT2D eigenvalue weighted by Crippen LogP contribution is -2.57. The number of benzene rings is 1. The number of aliphatic carboxylic acids is 1. The lowest BCUT2D eigenvalue weighted by molar-refractivity contribution is -0.146. The van der Waals surface area contributed by atoms with E-state index in [0.717, 1.165) is 6.92 Å². The van der Waals surface area contributed by atoms with Gasteiger partial charge in [0.1, 0.15) is 18.0 Å². The average molecular weight is 431 g/mol. The van der Waals surface area contributed by atoms with Crippen molar-refractivity contribution in [2.24, 2.45) is 0 Å². The van der Waals surface area contributed by atoms with Gasteiger partial charge in [0.05, 0.1) is 11.1 Å². The van der Waals surface area contributed by atoms with Gasteiger partial charge in [0.25, 0.3) is 0 Å². The Bertz CT molecular complexity index is 737. The summed E-state index contributed by atoms with van der Waals surface area (Å²) in [5, 5.41) is 11.3. The first-order valence-corrected chi connectivity index (χ1v) is 8.00. The Balaban J connectivity index is 3.14. The van der Waals surface area contributed by atoms with Crippen molar-refractivity contribution in [1.82, 2.24) is 5.32 Å². The molecule has 0 aliphatic heterocycles. The van der Waals surface area contributed by atoms with Gasteiger partial charge < -0.3 is 19.9 Å². The van der Waals surface area contributed by atoms with Gasteiger partial charge in [0.2, 0.25) is 0 Å². The number of hydrogen-bond donors (Lipinski definition) is 2. The first-order valence-electron chi connectivity index (χ1n) is 8.00. The number of carbonyl (C=O) groups excluding carboxylic acids is 1. The summed E-state index contributed by atoms with van der Waals surface area (Å²) in [7, 11) is 0. The molecule has 0 unspecified atom stereocenters. The Morgan fingerprint density at radius 1 is 0.931 bits per heavy atom. The van der Waals surface area contributed by atoms with Gasteiger partial charge in [-0.3, -0.25) is 0 Å². The van der Waals surface area contributed by atoms with Gasteiger partial charge in [-0.2, -0.15) is 26.3 Å². The molecule has 0 saturated heterocycles. The molecular formula is C17H19F6NO5. The van der Waals surface area contributed by atoms with E-state index in [0.29, 0.717) is 12.1 Å². The molecule has 0 spiro atoms. The molecule has 1 aromatic rings. The lowest BCUT2D eigenvalue weighted by atomic mass is 10.0. The highest BCUT2D eigenvalue weighted by molar-refractivity contribution is 5.84. The summed E-state index contributed by atoms with van der Waals surface area (Å²) in [5.74, 6) is -2.52. The minimum absolute atomic E-state index is 0.0950. The Kier molecular flexibility index (Phi) is 6.72. The largest absolute Gasteiger partial charge is 0.490 e. The molecule has 1 amide bonds. The fourth-order valence-corrected chi connectivity index (χ4v) is 1.92. The molecule has 12 heteroatoms. The second-order valence-corrected chi connectivity index (χ2v) is 7.29. The zero-order chi connectivity index (χ0) is 22.8. The Labute approximate surface area is 161 Å². The molecule has 0 fully saturated rings. The maximum Gasteiger partial charge on any atom is 0.416 e. The van der Waals surface area contributed by atoms with Gasteiger partial charge >= 0.3 is 24.4 Å². The normalized spacial score (nSPS) is 14.7. The number of nitrogens with one attached hydrogen (secondary N) is 1. The third-order valence-corrected chi connectivity index (χ3v) is 3.34. The lowest BCUT2D eigenvalue weighted by Gasteiger charge is -2.28. The highest BCUT2D eigenvalue weighted by atomic mass is 19.4. The smallest absolute Gasteiger partial charge is 0.416 e. The molecule has 0 bridgehead atoms. The van der Waals surface area contributed by atoms with Crippen LogP contribution in [0.4, 0.5) is 31.1 Å². The van der Waals surface area contributed by atoms with E-state index in [9.17, 15) is 41.0 Å². The standard InChI is InChI=1S/C17H19F6NO5/c1-14(2,3)29-13(27)24-15(4,12(25)26)8-28-11-6-9(16(18,19)20)5-10(7-11)17(21,22)23/h5-7H,8H2,1-4H3,(H,24,27)(H,25,26)/t15-/m1/s1. The highest BCUT2D eigenvalue weighted by Gasteiger charge is 2.40. The van der Waals surface area contributed by atoms with E-state index >= 15 is 0 Å². The van der Waals surface area contributed by atoms with E-state index in [1.807, 2.05) is 5.32 Å². The molecule has 0 aliphatic carbocycles. The average Bonchev–Trinajstić information content (AvgIpc) is 2.48. The van der Waals surface area contributed by atoms with Crippen molar-refractivity contribution in [3.8, 4) is 5.75 Å². The molecule has 0 aliphatic rings. The molecular weight excluding hydrogens is 412 g/mol. The van der Waals surface area contributed by atoms with Crippen LogP contribution >= 0.6 is 0 Å². The Morgan fingerprint density at radius 3 is 1.72 bits per heavy atom. The molecule has 164 valence electrons. The number of carboxylic acids is 1. The van der Waals surface area contributed by atoms with Crippen LogP contribution in [0, 0.1) is 0 Å². The molecule has 29 heavy (non-hydrogen) atoms. The first-order chi connectivity index (χ1) is 12.8. The first kappa shape index (κ1) is 24.4. The summed E-state index contributed by atoms with van der Waals surface area (Å²) in [6.07, 6.45) is -11.3. The highest BCUT2D eigenvalue weighted by Crippen LogP contribution is 2.38. The van der Waals surface area contributed by atoms with Crippen LogP contribution in [0.15, 0.2) is 18.2 Å². The van der Waals surface area contributed by atoms with E-state index in [1.165, 1.54) is 20.8 Å². The maximum atomic E-state index is 12.9. The van der Waals surface area contributed by atoms with Crippen LogP contribution in [0.5, 0.6) is 5.75 Å². The number of alkyl carbamates (subject to hydrolysis) is 1. The predicted octanol–water partition coefficient (Wildman–Crippen LogP) is 4.47. The number of carboxylic acid groups (broad SMARTS) is 1. The fourth-order valence-electron chi connectivity index (χ4n) is 1.92. The van der Waals surface area contributed by atoms with Crippen LogP contribution in [0.1, 0.15) is 38.8 Å². The van der Waals surface area contributed by atoms with Crippen molar-refractivity contribution in [3.63, 3.8) is 0 Å². The van der Waals surface area contributed by atoms with Crippen LogP contribution in [-0.4, -0.2) is 34.9 Å². The number of rotatable bonds is 5. The summed E-state index contributed by atoms with van der Waals surface area (Å²) in [6, 6.07) is 0.498. The van der Waals surface area contributed by atoms with E-state index in [-0.39, 0.29) is 6.07 Å². The number of halogens is 6. The van der Waals surface area contributed by atoms with Crippen molar-refractivity contribution in [1.29, 1.82) is 0 Å². The van der Waals surface area contributed by atoms with Crippen molar-refractivity contribution in [2.45, 2.75) is 51.2 Å². The summed E-state index contributed by atoms with van der Waals surface area (Å²) in [6.45, 7) is 4.49. The van der Waals surface area contributed by atoms with E-state index in [1.54, 1.807) is 0 Å². The maximum absolute atomic E-state index is 12.9. The number of hydrogen-bond acceptors (Lipinski definition) is 4. The van der Waals surface area contributed by atoms with Crippen LogP contribution in [0.2, 0.25) is 0 Å². The molecule has 0 aromatic heterocycles. The SMILES string of the molecule is CC(C)(C)OC(=O)N[C@](C)(COc1cc(C(F)(F)F)cc(C(F)(F)F)c1)C(=O)O. The molecule has 0 heterocycles. The van der Waals surface area contributed by atoms with E-state index < -0.39 is 59.0 Å². The fraction of sp³-hybridized carbons (Fsp3) is 0.529. The van der Waals surface area contributed by atoms with E-state index in [2.05, 4.69) is 0 Å². The molecule has 1 aromatic carbocycles. The zero-order valence-electron chi connectivity index (χ0n) is 15.8. The van der Waals surface area contributed by atoms with Gasteiger partial charge in [-0.15, -0.1) is 0 Å². The minimum Gasteiger partial charge on any atom is -0.490 e. The monoisotopic (exact) mass is 431 g/mol. The zero-order valence-corrected chi connectivity index (χ0v) is 15.8. The quantitative estimate of drug-likeness (QED) is 0.672. The summed E-state index contributed by atoms with van der Waals surface area (Å²) >= 11 is 0. The van der Waals surface area contributed by atoms with E-state index in [4.69, 9.17) is 9.47 Å². The summed E-state index contributed by atoms with van der Waals surface area (Å²) in [4.78, 5) is 23.3. The van der Waals surface area contributed by atoms with Gasteiger partial charge in [0.15, 0.2) is 5.54 Å². The Morgan fingerprint density at radius 2 is 1.38 bits per heavy atom. The van der Waals surface area contributed by atoms with Gasteiger partial charge in [-0.05, 0) is 45.9 Å². The number of amides is 1. The van der Waals surface area contributed by atoms with Crippen LogP contribution in [0.25, 0.3) is 0 Å². The molecule has 1 atom stereocenters. The van der Waals surface area contributed by atoms with Crippen LogP contribution in [-0.2, 0) is 21.9 Å². The van der Waals surface area contributed by atoms with Crippen molar-refractivity contribution < 1.29 is 50.5 Å². The minimum atomic E-state index is -5.09. The molecule has 0 saturated carbocycles. The number of carbonyl (C=O) groups is 2. The third-order valence-electron chi connectivity index (χ3n) is 3.34. The molecule has 6 nitrogen and oxygen atoms in total. The summed E-state index contributed by atoms with van der Waals surface area (Å²) < 4.78 is 87.0. The Hall–Kier alpha value is -2.66. The van der Waals surface area contributed by atoms with Crippen molar-refractivity contribution >= 4 is 12.1 Å². The van der Waals surface area contributed by atoms with Crippen molar-refractivity contribution in [3.05, 3.63) is 29.3 Å². The predicted molar refractivity (Wildman–Crippen MR) is 87.4 cm³/mol. The molecule has 2 N–H and O–H groups in total. The molecule has 0 radical (unpaired) electrons. The topological polar surface area (TPSA) is 84.9 Å². The second-order valence-electron chi connectivity index (χ2n) is 7.29. The van der Waals surface area contributed by atoms with Crippen LogP contribution < -0.4 is 10.1 Å². The summed E-state index contributed by atoms with van der Waals surface area (Å²) in [5.41, 5.74) is -6.43. The van der Waals surface area contributed by atoms with Gasteiger partial charge in [0, 0.05) is 0 Å². The molecule has 1 rings (SSSR count). The van der Waals surface area contributed by atoms with Gasteiger partial charge in [-0.1, -0.05) is 0 Å². The number of ether oxygens (including phenoxy) is 2. The van der Waals surface area contributed by atoms with Crippen molar-refractivity contribution in [2.75, 3.05) is 6.61 Å². The van der Waals surface area contributed by atoms with Crippen LogP contribution in [0.3, 0.4) is 0 Å². The second kappa shape index (κ2) is 7.99.